The number of rotatable bonds is 6. The minimum Gasteiger partial charge on any atom is -0.389 e. The van der Waals surface area contributed by atoms with E-state index in [2.05, 4.69) is 41.2 Å². The first-order valence-corrected chi connectivity index (χ1v) is 6.97. The van der Waals surface area contributed by atoms with Crippen LogP contribution in [0, 0.1) is 0 Å². The number of fused-ring (bicyclic) bond motifs is 1. The van der Waals surface area contributed by atoms with Crippen LogP contribution in [0.1, 0.15) is 13.8 Å². The molecule has 10 heteroatoms. The Bertz CT molecular complexity index is 673. The molecule has 5 N–H and O–H groups in total. The zero-order chi connectivity index (χ0) is 16.3. The number of hydrogen-bond acceptors (Lipinski definition) is 9. The summed E-state index contributed by atoms with van der Waals surface area (Å²) in [6.45, 7) is 3.74. The van der Waals surface area contributed by atoms with Crippen molar-refractivity contribution < 1.29 is 5.11 Å². The van der Waals surface area contributed by atoms with Crippen LogP contribution in [0.5, 0.6) is 0 Å². The fourth-order valence-corrected chi connectivity index (χ4v) is 1.85. The average Bonchev–Trinajstić information content (AvgIpc) is 2.50. The van der Waals surface area contributed by atoms with E-state index in [1.165, 1.54) is 0 Å². The molecule has 0 amide bonds. The summed E-state index contributed by atoms with van der Waals surface area (Å²) in [4.78, 5) is 17.6. The van der Waals surface area contributed by atoms with Crippen LogP contribution in [-0.2, 0) is 0 Å². The van der Waals surface area contributed by atoms with Crippen molar-refractivity contribution in [3.63, 3.8) is 0 Å². The van der Waals surface area contributed by atoms with Gasteiger partial charge in [-0.25, -0.2) is 9.97 Å². The van der Waals surface area contributed by atoms with E-state index in [1.54, 1.807) is 35.0 Å². The van der Waals surface area contributed by atoms with Gasteiger partial charge in [0.05, 0.1) is 5.60 Å². The van der Waals surface area contributed by atoms with Gasteiger partial charge < -0.3 is 26.4 Å². The molecule has 128 valence electrons. The van der Waals surface area contributed by atoms with Crippen molar-refractivity contribution in [1.82, 2.24) is 19.9 Å². The van der Waals surface area contributed by atoms with Crippen molar-refractivity contribution in [2.24, 2.45) is 0 Å². The van der Waals surface area contributed by atoms with Gasteiger partial charge in [-0.2, -0.15) is 9.97 Å². The van der Waals surface area contributed by atoms with Gasteiger partial charge in [0, 0.05) is 27.7 Å². The Labute approximate surface area is 141 Å². The van der Waals surface area contributed by atoms with Gasteiger partial charge in [0.15, 0.2) is 11.6 Å². The van der Waals surface area contributed by atoms with Crippen molar-refractivity contribution in [2.75, 3.05) is 49.0 Å². The molecule has 0 unspecified atom stereocenters. The van der Waals surface area contributed by atoms with Crippen LogP contribution in [-0.4, -0.2) is 58.3 Å². The lowest BCUT2D eigenvalue weighted by Crippen LogP contribution is -2.30. The molecule has 2 aromatic heterocycles. The smallest absolute Gasteiger partial charge is 0.225 e. The highest BCUT2D eigenvalue weighted by Crippen LogP contribution is 2.26. The summed E-state index contributed by atoms with van der Waals surface area (Å²) in [5, 5.41) is 21.8. The third kappa shape index (κ3) is 4.42. The van der Waals surface area contributed by atoms with Crippen LogP contribution in [0.15, 0.2) is 0 Å². The molecule has 0 spiro atoms. The summed E-state index contributed by atoms with van der Waals surface area (Å²) < 4.78 is 0. The number of nitrogens with zero attached hydrogens (tertiary/aromatic N) is 4. The molecule has 23 heavy (non-hydrogen) atoms. The van der Waals surface area contributed by atoms with Gasteiger partial charge >= 0.3 is 0 Å². The Morgan fingerprint density at radius 1 is 0.826 bits per heavy atom. The zero-order valence-electron chi connectivity index (χ0n) is 13.9. The summed E-state index contributed by atoms with van der Waals surface area (Å²) in [6, 6.07) is 0. The van der Waals surface area contributed by atoms with Gasteiger partial charge in [-0.15, -0.1) is 12.4 Å². The van der Waals surface area contributed by atoms with Gasteiger partial charge in [-0.3, -0.25) is 0 Å². The van der Waals surface area contributed by atoms with Crippen LogP contribution in [0.25, 0.3) is 11.0 Å². The molecular weight excluding hydrogens is 320 g/mol. The minimum absolute atomic E-state index is 0. The molecule has 2 aromatic rings. The fraction of sp³-hybridized carbons (Fsp3) is 0.538. The Kier molecular flexibility index (Phi) is 6.11. The van der Waals surface area contributed by atoms with Crippen LogP contribution in [0.2, 0.25) is 0 Å². The van der Waals surface area contributed by atoms with Crippen LogP contribution < -0.4 is 21.3 Å². The van der Waals surface area contributed by atoms with Crippen LogP contribution >= 0.6 is 12.4 Å². The largest absolute Gasteiger partial charge is 0.389 e. The molecule has 0 aromatic carbocycles. The number of hydrogen-bond donors (Lipinski definition) is 5. The summed E-state index contributed by atoms with van der Waals surface area (Å²) in [7, 11) is 5.29. The summed E-state index contributed by atoms with van der Waals surface area (Å²) in [5.41, 5.74) is 0.343. The second-order valence-electron chi connectivity index (χ2n) is 5.40. The lowest BCUT2D eigenvalue weighted by Gasteiger charge is -2.18. The SMILES string of the molecule is CNc1nc(NC)c2nc(NCC(C)(C)O)nc(NC)c2n1.Cl. The molecule has 0 aliphatic heterocycles. The van der Waals surface area contributed by atoms with E-state index in [0.717, 1.165) is 0 Å². The number of halogens is 1. The molecule has 0 fully saturated rings. The van der Waals surface area contributed by atoms with E-state index in [-0.39, 0.29) is 12.4 Å². The molecule has 2 rings (SSSR count). The lowest BCUT2D eigenvalue weighted by molar-refractivity contribution is 0.0943. The minimum atomic E-state index is -0.865. The number of anilines is 4. The van der Waals surface area contributed by atoms with E-state index in [1.807, 2.05) is 0 Å². The molecule has 0 bridgehead atoms. The summed E-state index contributed by atoms with van der Waals surface area (Å²) in [6.07, 6.45) is 0. The monoisotopic (exact) mass is 342 g/mol. The van der Waals surface area contributed by atoms with E-state index < -0.39 is 5.60 Å². The molecule has 0 saturated carbocycles. The highest BCUT2D eigenvalue weighted by molar-refractivity contribution is 5.94. The average molecular weight is 343 g/mol. The quantitative estimate of drug-likeness (QED) is 0.526. The maximum Gasteiger partial charge on any atom is 0.225 e. The first kappa shape index (κ1) is 18.9. The summed E-state index contributed by atoms with van der Waals surface area (Å²) in [5.74, 6) is 2.06. The van der Waals surface area contributed by atoms with E-state index in [9.17, 15) is 5.11 Å². The Morgan fingerprint density at radius 2 is 1.30 bits per heavy atom. The van der Waals surface area contributed by atoms with Gasteiger partial charge in [-0.1, -0.05) is 0 Å². The van der Waals surface area contributed by atoms with Crippen molar-refractivity contribution >= 4 is 47.0 Å². The molecule has 0 saturated heterocycles. The van der Waals surface area contributed by atoms with Gasteiger partial charge in [0.25, 0.3) is 0 Å². The topological polar surface area (TPSA) is 120 Å². The first-order valence-electron chi connectivity index (χ1n) is 6.97. The van der Waals surface area contributed by atoms with Crippen LogP contribution in [0.4, 0.5) is 23.5 Å². The molecule has 0 radical (unpaired) electrons. The lowest BCUT2D eigenvalue weighted by atomic mass is 10.1. The maximum absolute atomic E-state index is 9.81. The van der Waals surface area contributed by atoms with E-state index in [4.69, 9.17) is 0 Å². The highest BCUT2D eigenvalue weighted by Gasteiger charge is 2.17. The first-order chi connectivity index (χ1) is 10.4. The number of aliphatic hydroxyl groups is 1. The standard InChI is InChI=1S/C13H22N8O.ClH/c1-13(2,22)6-17-12-19-8-7(10(15-4)21-12)18-11(16-5)20-9(8)14-3;/h22H,6H2,1-5H3,(H2,14,16,18,20)(H2,15,17,19,21);1H. The molecule has 0 atom stereocenters. The predicted octanol–water partition coefficient (Wildman–Crippen LogP) is 1.15. The molecule has 0 aliphatic carbocycles. The van der Waals surface area contributed by atoms with Crippen molar-refractivity contribution in [1.29, 1.82) is 0 Å². The van der Waals surface area contributed by atoms with Crippen LogP contribution in [0.3, 0.4) is 0 Å². The normalized spacial score (nSPS) is 10.9. The maximum atomic E-state index is 9.81. The fourth-order valence-electron chi connectivity index (χ4n) is 1.85. The van der Waals surface area contributed by atoms with Crippen molar-refractivity contribution in [3.05, 3.63) is 0 Å². The molecular formula is C13H23ClN8O. The van der Waals surface area contributed by atoms with Gasteiger partial charge in [0.1, 0.15) is 11.0 Å². The van der Waals surface area contributed by atoms with E-state index >= 15 is 0 Å². The second-order valence-corrected chi connectivity index (χ2v) is 5.40. The Balaban J connectivity index is 0.00000264. The number of aromatic nitrogens is 4. The third-order valence-electron chi connectivity index (χ3n) is 2.92. The third-order valence-corrected chi connectivity index (χ3v) is 2.92. The number of nitrogens with one attached hydrogen (secondary N) is 4. The molecule has 0 aliphatic rings. The summed E-state index contributed by atoms with van der Waals surface area (Å²) >= 11 is 0. The van der Waals surface area contributed by atoms with Crippen molar-refractivity contribution in [2.45, 2.75) is 19.4 Å². The molecule has 2 heterocycles. The Morgan fingerprint density at radius 3 is 1.74 bits per heavy atom. The van der Waals surface area contributed by atoms with Crippen molar-refractivity contribution in [3.8, 4) is 0 Å². The highest BCUT2D eigenvalue weighted by atomic mass is 35.5. The predicted molar refractivity (Wildman–Crippen MR) is 95.8 cm³/mol. The van der Waals surface area contributed by atoms with E-state index in [0.29, 0.717) is 41.1 Å². The second kappa shape index (κ2) is 7.42. The molecule has 9 nitrogen and oxygen atoms in total. The Hall–Kier alpha value is -2.13. The van der Waals surface area contributed by atoms with Gasteiger partial charge in [0.2, 0.25) is 11.9 Å². The van der Waals surface area contributed by atoms with Gasteiger partial charge in [-0.05, 0) is 13.8 Å². The zero-order valence-corrected chi connectivity index (χ0v) is 14.7.